The Morgan fingerprint density at radius 3 is 1.00 bits per heavy atom. The van der Waals surface area contributed by atoms with Crippen molar-refractivity contribution in [1.29, 1.82) is 0 Å². The van der Waals surface area contributed by atoms with E-state index in [2.05, 4.69) is 44.9 Å². The maximum absolute atomic E-state index is 11.7. The summed E-state index contributed by atoms with van der Waals surface area (Å²) in [4.78, 5) is 117. The van der Waals surface area contributed by atoms with E-state index in [0.717, 1.165) is 62.4 Å². The molecule has 0 aliphatic carbocycles. The van der Waals surface area contributed by atoms with Gasteiger partial charge >= 0.3 is 0 Å². The molecule has 0 aromatic carbocycles. The van der Waals surface area contributed by atoms with Crippen LogP contribution in [-0.2, 0) is 114 Å². The second-order valence-electron chi connectivity index (χ2n) is 14.4. The fraction of sp³-hybridized carbons (Fsp3) is 0.720. The van der Waals surface area contributed by atoms with Crippen molar-refractivity contribution in [3.63, 3.8) is 0 Å². The first-order chi connectivity index (χ1) is 32.6. The van der Waals surface area contributed by atoms with Gasteiger partial charge in [0.05, 0.1) is 54.4 Å². The van der Waals surface area contributed by atoms with Gasteiger partial charge in [-0.3, -0.25) is 57.7 Å². The molecule has 0 saturated carbocycles. The molecule has 0 spiro atoms. The topological polar surface area (TPSA) is 262 Å². The van der Waals surface area contributed by atoms with Crippen molar-refractivity contribution >= 4 is 134 Å². The number of hydrogen-bond acceptors (Lipinski definition) is 18. The molecule has 0 aromatic heterocycles. The van der Waals surface area contributed by atoms with E-state index in [1.54, 1.807) is 0 Å². The predicted octanol–water partition coefficient (Wildman–Crippen LogP) is 8.70. The van der Waals surface area contributed by atoms with E-state index in [1.807, 2.05) is 13.8 Å². The number of rotatable bonds is 37. The predicted molar refractivity (Wildman–Crippen MR) is 337 cm³/mol. The molecule has 0 fully saturated rings. The molecule has 78 heavy (non-hydrogen) atoms. The molecule has 0 bridgehead atoms. The highest BCUT2D eigenvalue weighted by Crippen LogP contribution is 2.16. The fourth-order valence-electron chi connectivity index (χ4n) is 5.34. The summed E-state index contributed by atoms with van der Waals surface area (Å²) in [5, 5.41) is 10.8. The van der Waals surface area contributed by atoms with E-state index in [4.69, 9.17) is 42.6 Å². The molecular weight excluding hydrogens is 1160 g/mol. The second kappa shape index (κ2) is 66.4. The zero-order valence-electron chi connectivity index (χ0n) is 38.1. The molecule has 0 radical (unpaired) electrons. The summed E-state index contributed by atoms with van der Waals surface area (Å²) in [6.45, 7) is 6.91. The third-order valence-corrected chi connectivity index (χ3v) is 14.1. The maximum Gasteiger partial charge on any atom is 0.253 e. The lowest BCUT2D eigenvalue weighted by Crippen LogP contribution is -2.35. The summed E-state index contributed by atoms with van der Waals surface area (Å²) < 4.78 is 21.1. The second-order valence-corrected chi connectivity index (χ2v) is 21.0. The van der Waals surface area contributed by atoms with E-state index in [0.29, 0.717) is 27.8 Å². The van der Waals surface area contributed by atoms with Crippen molar-refractivity contribution in [2.45, 2.75) is 139 Å². The molecule has 4 N–H and O–H groups in total. The van der Waals surface area contributed by atoms with Crippen molar-refractivity contribution < 1.29 is 66.9 Å². The van der Waals surface area contributed by atoms with Crippen LogP contribution in [0.1, 0.15) is 139 Å². The normalized spacial score (nSPS) is 12.0. The molecule has 2 rings (SSSR count). The van der Waals surface area contributed by atoms with Crippen LogP contribution in [0.15, 0.2) is 24.3 Å². The molecule has 2 aliphatic heterocycles. The minimum absolute atomic E-state index is 0. The van der Waals surface area contributed by atoms with Gasteiger partial charge in [-0.25, -0.2) is 0 Å². The molecule has 458 valence electrons. The Morgan fingerprint density at radius 2 is 0.718 bits per heavy atom. The number of carbonyl (C=O) groups excluding carboxylic acids is 10. The monoisotopic (exact) mass is 1260 g/mol. The van der Waals surface area contributed by atoms with Crippen LogP contribution in [-0.4, -0.2) is 160 Å². The van der Waals surface area contributed by atoms with Crippen molar-refractivity contribution in [3.8, 4) is 0 Å². The molecule has 2 aliphatic rings. The molecular formula is C50H100N6O14P4S4. The lowest BCUT2D eigenvalue weighted by atomic mass is 10.1. The van der Waals surface area contributed by atoms with E-state index in [9.17, 15) is 47.9 Å². The summed E-state index contributed by atoms with van der Waals surface area (Å²) in [6.07, 6.45) is 9.56. The largest absolute Gasteiger partial charge is 0.377 e. The van der Waals surface area contributed by atoms with Gasteiger partial charge in [0.15, 0.2) is 11.0 Å². The highest BCUT2D eigenvalue weighted by atomic mass is 32.7. The molecule has 0 saturated heterocycles. The Balaban J connectivity index is -0.000000107. The average Bonchev–Trinajstić information content (AvgIpc) is 3.83. The number of carbonyl (C=O) groups is 10. The molecule has 2 unspecified atom stereocenters. The molecule has 28 heteroatoms. The van der Waals surface area contributed by atoms with Gasteiger partial charge in [-0.1, -0.05) is 101 Å². The number of nitrogens with one attached hydrogen (secondary N) is 4. The first kappa shape index (κ1) is 100. The third kappa shape index (κ3) is 53.5. The van der Waals surface area contributed by atoms with Crippen LogP contribution >= 0.6 is 28.8 Å². The molecule has 0 aromatic rings. The smallest absolute Gasteiger partial charge is 0.253 e. The summed E-state index contributed by atoms with van der Waals surface area (Å²) in [7, 11) is 2.49. The zero-order valence-corrected chi connectivity index (χ0v) is 44.9. The van der Waals surface area contributed by atoms with Crippen molar-refractivity contribution in [3.05, 3.63) is 24.3 Å². The highest BCUT2D eigenvalue weighted by Gasteiger charge is 2.24. The van der Waals surface area contributed by atoms with Gasteiger partial charge in [-0.05, 0) is 72.9 Å². The van der Waals surface area contributed by atoms with Crippen LogP contribution in [0.4, 0.5) is 0 Å². The van der Waals surface area contributed by atoms with Gasteiger partial charge in [-0.2, -0.15) is 0 Å². The number of hydrogen-bond donors (Lipinski definition) is 4. The molecule has 2 atom stereocenters. The lowest BCUT2D eigenvalue weighted by molar-refractivity contribution is -0.139. The first-order valence-corrected chi connectivity index (χ1v) is 29.8. The van der Waals surface area contributed by atoms with Gasteiger partial charge in [0.25, 0.3) is 23.6 Å². The van der Waals surface area contributed by atoms with Gasteiger partial charge in [0.1, 0.15) is 13.2 Å². The van der Waals surface area contributed by atoms with Crippen LogP contribution in [0.25, 0.3) is 0 Å². The highest BCUT2D eigenvalue weighted by molar-refractivity contribution is 8.40. The van der Waals surface area contributed by atoms with Gasteiger partial charge in [-0.15, -0.1) is 0 Å². The van der Waals surface area contributed by atoms with E-state index >= 15 is 0 Å². The number of amides is 8. The summed E-state index contributed by atoms with van der Waals surface area (Å²) >= 11 is 18.2. The van der Waals surface area contributed by atoms with Crippen molar-refractivity contribution in [2.75, 3.05) is 92.1 Å². The average molecular weight is 1260 g/mol. The minimum atomic E-state index is -0.411. The van der Waals surface area contributed by atoms with E-state index < -0.39 is 23.6 Å². The molecule has 8 amide bonds. The molecule has 20 nitrogen and oxygen atoms in total. The van der Waals surface area contributed by atoms with Crippen LogP contribution in [0.5, 0.6) is 0 Å². The van der Waals surface area contributed by atoms with E-state index in [-0.39, 0.29) is 213 Å². The van der Waals surface area contributed by atoms with Gasteiger partial charge in [0.2, 0.25) is 23.6 Å². The van der Waals surface area contributed by atoms with Crippen LogP contribution < -0.4 is 21.3 Å². The van der Waals surface area contributed by atoms with Crippen LogP contribution in [0, 0.1) is 11.8 Å². The van der Waals surface area contributed by atoms with Crippen LogP contribution in [0.2, 0.25) is 0 Å². The quantitative estimate of drug-likeness (QED) is 0.0257. The standard InChI is InChI=1S/2C20H30N3O7PS.10CH4.P2S2/c2*1-15(20(28)31-32)4-2-3-8-21-17(25)14-30-13-12-29-11-9-22-16(24)7-10-23-18(26)5-6-19(23)27;;;;;;;;;;;3-1-2-4/h2*5-6,15H,2-4,7-14H2,1H3,(H,21,25)(H,22,24);10*1H4;. The number of nitrogens with zero attached hydrogens (tertiary/aromatic N) is 2. The Kier molecular flexibility index (Phi) is 85.3. The summed E-state index contributed by atoms with van der Waals surface area (Å²) in [6, 6.07) is 0. The Bertz CT molecular complexity index is 1630. The third-order valence-electron chi connectivity index (χ3n) is 9.10. The SMILES string of the molecule is C.C.C.C.C.C.C.C.C.C.CC(CCCCNC(=O)COCCOCCNC(=O)CCN1C(=O)C=CC1=O)C(=O)P=S.CC(CCCCNC(=O)COCCOCCNC(=O)CCN1C(=O)C=CC1=O)C(=O)P=S.S=PP=S. The summed E-state index contributed by atoms with van der Waals surface area (Å²) in [5.74, 6) is -2.71. The fourth-order valence-corrected chi connectivity index (χ4v) is 7.03. The molecule has 2 heterocycles. The minimum Gasteiger partial charge on any atom is -0.377 e. The number of ether oxygens (including phenoxy) is 4. The Morgan fingerprint density at radius 1 is 0.436 bits per heavy atom. The zero-order chi connectivity index (χ0) is 51.0. The summed E-state index contributed by atoms with van der Waals surface area (Å²) in [5.41, 5.74) is 0.125. The lowest BCUT2D eigenvalue weighted by Gasteiger charge is -2.13. The van der Waals surface area contributed by atoms with Crippen LogP contribution in [0.3, 0.4) is 0 Å². The maximum atomic E-state index is 11.7. The van der Waals surface area contributed by atoms with E-state index in [1.165, 1.54) is 24.3 Å². The first-order valence-electron chi connectivity index (χ1n) is 21.5. The Labute approximate surface area is 497 Å². The Hall–Kier alpha value is -3.10. The van der Waals surface area contributed by atoms with Crippen molar-refractivity contribution in [2.24, 2.45) is 11.8 Å². The number of imide groups is 2. The number of unbranched alkanes of at least 4 members (excludes halogenated alkanes) is 2. The van der Waals surface area contributed by atoms with Crippen molar-refractivity contribution in [1.82, 2.24) is 31.1 Å². The van der Waals surface area contributed by atoms with Gasteiger partial charge < -0.3 is 40.2 Å². The van der Waals surface area contributed by atoms with Gasteiger partial charge in [0, 0.05) is 102 Å².